The van der Waals surface area contributed by atoms with Crippen LogP contribution in [0, 0.1) is 6.92 Å². The van der Waals surface area contributed by atoms with Gasteiger partial charge in [-0.2, -0.15) is 5.10 Å². The molecule has 20 heavy (non-hydrogen) atoms. The number of hydrogen-bond acceptors (Lipinski definition) is 3. The van der Waals surface area contributed by atoms with Gasteiger partial charge in [0.05, 0.1) is 16.4 Å². The Morgan fingerprint density at radius 1 is 1.30 bits per heavy atom. The molecule has 0 aliphatic rings. The fourth-order valence-electron chi connectivity index (χ4n) is 2.33. The standard InChI is InChI=1S/C15H28ClN3O/c1-5-9-20-10-8-13(17-6-2)11-14-15(16)12(4)18-19(14)7-3/h13,17H,5-11H2,1-4H3. The maximum Gasteiger partial charge on any atom is 0.0847 e. The summed E-state index contributed by atoms with van der Waals surface area (Å²) < 4.78 is 7.60. The third kappa shape index (κ3) is 5.08. The third-order valence-electron chi connectivity index (χ3n) is 3.34. The van der Waals surface area contributed by atoms with Crippen molar-refractivity contribution in [1.82, 2.24) is 15.1 Å². The molecule has 0 aromatic carbocycles. The Morgan fingerprint density at radius 2 is 2.05 bits per heavy atom. The Bertz CT molecular complexity index is 393. The number of ether oxygens (including phenoxy) is 1. The van der Waals surface area contributed by atoms with Crippen molar-refractivity contribution in [3.63, 3.8) is 0 Å². The van der Waals surface area contributed by atoms with Crippen molar-refractivity contribution >= 4 is 11.6 Å². The molecule has 116 valence electrons. The van der Waals surface area contributed by atoms with E-state index in [1.54, 1.807) is 0 Å². The van der Waals surface area contributed by atoms with Crippen molar-refractivity contribution in [2.45, 2.75) is 59.5 Å². The Kier molecular flexibility index (Phi) is 8.19. The molecule has 0 aliphatic carbocycles. The number of halogens is 1. The minimum atomic E-state index is 0.385. The fourth-order valence-corrected chi connectivity index (χ4v) is 2.55. The first-order valence-electron chi connectivity index (χ1n) is 7.66. The van der Waals surface area contributed by atoms with E-state index in [1.165, 1.54) is 0 Å². The van der Waals surface area contributed by atoms with Crippen LogP contribution in [0.25, 0.3) is 0 Å². The lowest BCUT2D eigenvalue weighted by molar-refractivity contribution is 0.124. The summed E-state index contributed by atoms with van der Waals surface area (Å²) in [6.45, 7) is 11.8. The molecule has 1 rings (SSSR count). The molecule has 1 heterocycles. The highest BCUT2D eigenvalue weighted by atomic mass is 35.5. The summed E-state index contributed by atoms with van der Waals surface area (Å²) in [7, 11) is 0. The minimum Gasteiger partial charge on any atom is -0.381 e. The molecule has 0 fully saturated rings. The predicted molar refractivity (Wildman–Crippen MR) is 84.5 cm³/mol. The second-order valence-corrected chi connectivity index (χ2v) is 5.40. The van der Waals surface area contributed by atoms with Crippen molar-refractivity contribution in [2.24, 2.45) is 0 Å². The van der Waals surface area contributed by atoms with E-state index in [0.29, 0.717) is 6.04 Å². The zero-order valence-electron chi connectivity index (χ0n) is 13.2. The maximum atomic E-state index is 6.38. The third-order valence-corrected chi connectivity index (χ3v) is 3.84. The topological polar surface area (TPSA) is 39.1 Å². The first-order valence-corrected chi connectivity index (χ1v) is 8.04. The van der Waals surface area contributed by atoms with Crippen LogP contribution in [0.5, 0.6) is 0 Å². The Labute approximate surface area is 127 Å². The average molecular weight is 302 g/mol. The number of aromatic nitrogens is 2. The largest absolute Gasteiger partial charge is 0.381 e. The lowest BCUT2D eigenvalue weighted by atomic mass is 10.1. The van der Waals surface area contributed by atoms with E-state index >= 15 is 0 Å². The number of aryl methyl sites for hydroxylation is 2. The van der Waals surface area contributed by atoms with Gasteiger partial charge in [-0.05, 0) is 33.2 Å². The quantitative estimate of drug-likeness (QED) is 0.675. The molecule has 0 spiro atoms. The van der Waals surface area contributed by atoms with E-state index in [1.807, 2.05) is 11.6 Å². The van der Waals surface area contributed by atoms with Crippen molar-refractivity contribution in [1.29, 1.82) is 0 Å². The Balaban J connectivity index is 2.64. The second-order valence-electron chi connectivity index (χ2n) is 5.02. The second kappa shape index (κ2) is 9.37. The monoisotopic (exact) mass is 301 g/mol. The van der Waals surface area contributed by atoms with Gasteiger partial charge in [0, 0.05) is 32.2 Å². The summed E-state index contributed by atoms with van der Waals surface area (Å²) in [6, 6.07) is 0.385. The number of likely N-dealkylation sites (N-methyl/N-ethyl adjacent to an activating group) is 1. The Morgan fingerprint density at radius 3 is 2.65 bits per heavy atom. The van der Waals surface area contributed by atoms with E-state index in [0.717, 1.165) is 62.0 Å². The van der Waals surface area contributed by atoms with E-state index in [4.69, 9.17) is 16.3 Å². The van der Waals surface area contributed by atoms with E-state index in [9.17, 15) is 0 Å². The van der Waals surface area contributed by atoms with E-state index < -0.39 is 0 Å². The molecule has 0 saturated carbocycles. The molecule has 0 aliphatic heterocycles. The van der Waals surface area contributed by atoms with Crippen molar-refractivity contribution < 1.29 is 4.74 Å². The highest BCUT2D eigenvalue weighted by molar-refractivity contribution is 6.31. The van der Waals surface area contributed by atoms with Crippen molar-refractivity contribution in [2.75, 3.05) is 19.8 Å². The zero-order chi connectivity index (χ0) is 15.0. The minimum absolute atomic E-state index is 0.385. The molecular weight excluding hydrogens is 274 g/mol. The number of nitrogens with zero attached hydrogens (tertiary/aromatic N) is 2. The van der Waals surface area contributed by atoms with Crippen LogP contribution in [0.1, 0.15) is 45.0 Å². The molecule has 0 amide bonds. The van der Waals surface area contributed by atoms with Gasteiger partial charge in [0.1, 0.15) is 0 Å². The molecular formula is C15H28ClN3O. The van der Waals surface area contributed by atoms with Gasteiger partial charge >= 0.3 is 0 Å². The van der Waals surface area contributed by atoms with Gasteiger partial charge in [0.25, 0.3) is 0 Å². The summed E-state index contributed by atoms with van der Waals surface area (Å²) in [5.74, 6) is 0. The van der Waals surface area contributed by atoms with Gasteiger partial charge in [0.2, 0.25) is 0 Å². The maximum absolute atomic E-state index is 6.38. The SMILES string of the molecule is CCCOCCC(Cc1c(Cl)c(C)nn1CC)NCC. The summed E-state index contributed by atoms with van der Waals surface area (Å²) >= 11 is 6.38. The molecule has 5 heteroatoms. The van der Waals surface area contributed by atoms with Gasteiger partial charge in [-0.1, -0.05) is 25.4 Å². The molecule has 0 bridgehead atoms. The average Bonchev–Trinajstić information content (AvgIpc) is 2.71. The van der Waals surface area contributed by atoms with E-state index in [2.05, 4.69) is 31.2 Å². The van der Waals surface area contributed by atoms with Crippen LogP contribution < -0.4 is 5.32 Å². The normalized spacial score (nSPS) is 12.8. The van der Waals surface area contributed by atoms with Crippen LogP contribution in [0.15, 0.2) is 0 Å². The first-order chi connectivity index (χ1) is 9.63. The highest BCUT2D eigenvalue weighted by Gasteiger charge is 2.17. The van der Waals surface area contributed by atoms with Crippen molar-refractivity contribution in [3.05, 3.63) is 16.4 Å². The lowest BCUT2D eigenvalue weighted by Crippen LogP contribution is -2.33. The van der Waals surface area contributed by atoms with Crippen LogP contribution in [0.4, 0.5) is 0 Å². The number of rotatable bonds is 10. The van der Waals surface area contributed by atoms with Crippen LogP contribution in [-0.4, -0.2) is 35.6 Å². The Hall–Kier alpha value is -0.580. The van der Waals surface area contributed by atoms with Crippen LogP contribution in [0.2, 0.25) is 5.02 Å². The summed E-state index contributed by atoms with van der Waals surface area (Å²) in [5, 5.41) is 8.80. The van der Waals surface area contributed by atoms with Gasteiger partial charge in [-0.15, -0.1) is 0 Å². The van der Waals surface area contributed by atoms with Crippen LogP contribution in [-0.2, 0) is 17.7 Å². The molecule has 1 aromatic heterocycles. The summed E-state index contributed by atoms with van der Waals surface area (Å²) in [4.78, 5) is 0. The first kappa shape index (κ1) is 17.5. The molecule has 1 atom stereocenters. The molecule has 1 N–H and O–H groups in total. The van der Waals surface area contributed by atoms with Gasteiger partial charge < -0.3 is 10.1 Å². The van der Waals surface area contributed by atoms with Gasteiger partial charge in [-0.3, -0.25) is 4.68 Å². The summed E-state index contributed by atoms with van der Waals surface area (Å²) in [5.41, 5.74) is 2.05. The fraction of sp³-hybridized carbons (Fsp3) is 0.800. The smallest absolute Gasteiger partial charge is 0.0847 e. The highest BCUT2D eigenvalue weighted by Crippen LogP contribution is 2.22. The van der Waals surface area contributed by atoms with Gasteiger partial charge in [-0.25, -0.2) is 0 Å². The lowest BCUT2D eigenvalue weighted by Gasteiger charge is -2.18. The molecule has 1 aromatic rings. The van der Waals surface area contributed by atoms with Crippen molar-refractivity contribution in [3.8, 4) is 0 Å². The molecule has 4 nitrogen and oxygen atoms in total. The number of hydrogen-bond donors (Lipinski definition) is 1. The zero-order valence-corrected chi connectivity index (χ0v) is 14.0. The van der Waals surface area contributed by atoms with Crippen LogP contribution >= 0.6 is 11.6 Å². The number of nitrogens with one attached hydrogen (secondary N) is 1. The van der Waals surface area contributed by atoms with Gasteiger partial charge in [0.15, 0.2) is 0 Å². The molecule has 0 saturated heterocycles. The van der Waals surface area contributed by atoms with E-state index in [-0.39, 0.29) is 0 Å². The predicted octanol–water partition coefficient (Wildman–Crippen LogP) is 3.20. The summed E-state index contributed by atoms with van der Waals surface area (Å²) in [6.07, 6.45) is 2.97. The van der Waals surface area contributed by atoms with Crippen LogP contribution in [0.3, 0.4) is 0 Å². The molecule has 0 radical (unpaired) electrons. The molecule has 1 unspecified atom stereocenters.